The quantitative estimate of drug-likeness (QED) is 0.409. The summed E-state index contributed by atoms with van der Waals surface area (Å²) >= 11 is 12.2. The Labute approximate surface area is 188 Å². The number of ether oxygens (including phenoxy) is 3. The van der Waals surface area contributed by atoms with Gasteiger partial charge in [0.25, 0.3) is 0 Å². The van der Waals surface area contributed by atoms with Crippen LogP contribution >= 0.6 is 23.2 Å². The number of aryl methyl sites for hydroxylation is 1. The van der Waals surface area contributed by atoms with Crippen molar-refractivity contribution in [2.24, 2.45) is 0 Å². The van der Waals surface area contributed by atoms with E-state index in [4.69, 9.17) is 42.5 Å². The fourth-order valence-electron chi connectivity index (χ4n) is 2.84. The summed E-state index contributed by atoms with van der Waals surface area (Å²) < 4.78 is 30.3. The molecule has 0 spiro atoms. The number of carbonyl (C=O) groups is 1. The van der Waals surface area contributed by atoms with Crippen LogP contribution in [0.4, 0.5) is 4.39 Å². The maximum absolute atomic E-state index is 14.2. The number of pyridine rings is 1. The molecule has 0 aliphatic rings. The van der Waals surface area contributed by atoms with Crippen LogP contribution in [0, 0.1) is 5.95 Å². The lowest BCUT2D eigenvalue weighted by Crippen LogP contribution is -2.11. The van der Waals surface area contributed by atoms with Crippen molar-refractivity contribution >= 4 is 29.2 Å². The van der Waals surface area contributed by atoms with E-state index < -0.39 is 29.4 Å². The number of hydrogen-bond acceptors (Lipinski definition) is 5. The molecule has 0 fully saturated rings. The number of nitrogens with zero attached hydrogens (tertiary/aromatic N) is 1. The van der Waals surface area contributed by atoms with Crippen molar-refractivity contribution in [3.63, 3.8) is 0 Å². The molecule has 0 bridgehead atoms. The fourth-order valence-corrected chi connectivity index (χ4v) is 3.30. The van der Waals surface area contributed by atoms with Gasteiger partial charge in [0, 0.05) is 5.56 Å². The van der Waals surface area contributed by atoms with Gasteiger partial charge >= 0.3 is 5.97 Å². The lowest BCUT2D eigenvalue weighted by Gasteiger charge is -2.15. The minimum atomic E-state index is -1.27. The predicted octanol–water partition coefficient (Wildman–Crippen LogP) is 6.02. The summed E-state index contributed by atoms with van der Waals surface area (Å²) in [5, 5.41) is 8.05. The third-order valence-corrected chi connectivity index (χ3v) is 5.00. The number of carboxylic acid groups (broad SMARTS) is 1. The Hall–Kier alpha value is -3.03. The fraction of sp³-hybridized carbons (Fsp3) is 0.182. The number of aliphatic carboxylic acids is 1. The van der Waals surface area contributed by atoms with Crippen LogP contribution in [-0.4, -0.2) is 29.8 Å². The number of halogens is 3. The number of benzene rings is 2. The first-order valence-electron chi connectivity index (χ1n) is 9.18. The van der Waals surface area contributed by atoms with Gasteiger partial charge in [-0.05, 0) is 35.7 Å². The topological polar surface area (TPSA) is 77.9 Å². The zero-order valence-corrected chi connectivity index (χ0v) is 18.1. The molecule has 0 atom stereocenters. The average Bonchev–Trinajstić information content (AvgIpc) is 2.78. The van der Waals surface area contributed by atoms with Gasteiger partial charge in [0.15, 0.2) is 12.4 Å². The molecule has 1 N–H and O–H groups in total. The van der Waals surface area contributed by atoms with Crippen molar-refractivity contribution in [2.45, 2.75) is 13.3 Å². The Morgan fingerprint density at radius 1 is 1.16 bits per heavy atom. The standard InChI is InChI=1S/C22H18Cl2FNO5/c1-3-12-5-4-6-13(9-12)15-10-14(7-8-16(15)29-2)31-20-18(23)21(25)26-22(19(20)24)30-11-17(27)28/h4-10H,3,11H2,1-2H3,(H,27,28). The molecule has 0 aliphatic carbocycles. The highest BCUT2D eigenvalue weighted by Gasteiger charge is 2.22. The third-order valence-electron chi connectivity index (χ3n) is 4.34. The lowest BCUT2D eigenvalue weighted by atomic mass is 10.0. The molecule has 162 valence electrons. The van der Waals surface area contributed by atoms with E-state index in [1.165, 1.54) is 0 Å². The molecule has 2 aromatic carbocycles. The molecule has 3 aromatic rings. The number of methoxy groups -OCH3 is 1. The molecular formula is C22H18Cl2FNO5. The summed E-state index contributed by atoms with van der Waals surface area (Å²) in [6.45, 7) is 1.30. The van der Waals surface area contributed by atoms with E-state index in [0.29, 0.717) is 11.5 Å². The molecule has 0 saturated heterocycles. The minimum Gasteiger partial charge on any atom is -0.496 e. The molecule has 3 rings (SSSR count). The summed E-state index contributed by atoms with van der Waals surface area (Å²) in [5.41, 5.74) is 2.80. The summed E-state index contributed by atoms with van der Waals surface area (Å²) in [6, 6.07) is 12.9. The van der Waals surface area contributed by atoms with Gasteiger partial charge in [0.1, 0.15) is 21.5 Å². The van der Waals surface area contributed by atoms with Crippen LogP contribution in [0.3, 0.4) is 0 Å². The summed E-state index contributed by atoms with van der Waals surface area (Å²) in [4.78, 5) is 14.2. The lowest BCUT2D eigenvalue weighted by molar-refractivity contribution is -0.139. The van der Waals surface area contributed by atoms with Gasteiger partial charge in [-0.3, -0.25) is 0 Å². The SMILES string of the molecule is CCc1cccc(-c2cc(Oc3c(Cl)c(F)nc(OCC(=O)O)c3Cl)ccc2OC)c1. The van der Waals surface area contributed by atoms with Crippen LogP contribution in [0.2, 0.25) is 10.0 Å². The highest BCUT2D eigenvalue weighted by Crippen LogP contribution is 2.43. The summed E-state index contributed by atoms with van der Waals surface area (Å²) in [7, 11) is 1.56. The monoisotopic (exact) mass is 465 g/mol. The first-order valence-corrected chi connectivity index (χ1v) is 9.93. The van der Waals surface area contributed by atoms with E-state index >= 15 is 0 Å². The smallest absolute Gasteiger partial charge is 0.341 e. The average molecular weight is 466 g/mol. The van der Waals surface area contributed by atoms with Crippen molar-refractivity contribution in [1.82, 2.24) is 4.98 Å². The van der Waals surface area contributed by atoms with Crippen molar-refractivity contribution in [3.05, 3.63) is 64.0 Å². The number of carboxylic acids is 1. The number of aromatic nitrogens is 1. The summed E-state index contributed by atoms with van der Waals surface area (Å²) in [6.07, 6.45) is 0.868. The van der Waals surface area contributed by atoms with Crippen LogP contribution in [0.1, 0.15) is 12.5 Å². The van der Waals surface area contributed by atoms with Crippen LogP contribution < -0.4 is 14.2 Å². The Morgan fingerprint density at radius 2 is 1.94 bits per heavy atom. The first kappa shape index (κ1) is 22.7. The third kappa shape index (κ3) is 5.18. The molecule has 0 amide bonds. The predicted molar refractivity (Wildman–Crippen MR) is 115 cm³/mol. The number of rotatable bonds is 8. The van der Waals surface area contributed by atoms with Crippen molar-refractivity contribution in [3.8, 4) is 34.3 Å². The van der Waals surface area contributed by atoms with E-state index in [-0.39, 0.29) is 10.8 Å². The zero-order chi connectivity index (χ0) is 22.5. The molecule has 0 saturated carbocycles. The molecule has 0 aliphatic heterocycles. The van der Waals surface area contributed by atoms with Crippen LogP contribution in [0.5, 0.6) is 23.1 Å². The van der Waals surface area contributed by atoms with Gasteiger partial charge in [-0.1, -0.05) is 54.4 Å². The van der Waals surface area contributed by atoms with Crippen LogP contribution in [-0.2, 0) is 11.2 Å². The molecular weight excluding hydrogens is 448 g/mol. The molecule has 0 unspecified atom stereocenters. The molecule has 31 heavy (non-hydrogen) atoms. The molecule has 6 nitrogen and oxygen atoms in total. The second kappa shape index (κ2) is 9.85. The maximum atomic E-state index is 14.2. The molecule has 1 heterocycles. The van der Waals surface area contributed by atoms with Gasteiger partial charge < -0.3 is 19.3 Å². The second-order valence-electron chi connectivity index (χ2n) is 6.37. The van der Waals surface area contributed by atoms with Gasteiger partial charge in [0.05, 0.1) is 7.11 Å². The van der Waals surface area contributed by atoms with Gasteiger partial charge in [-0.2, -0.15) is 9.37 Å². The zero-order valence-electron chi connectivity index (χ0n) is 16.6. The highest BCUT2D eigenvalue weighted by molar-refractivity contribution is 6.37. The van der Waals surface area contributed by atoms with Gasteiger partial charge in [-0.25, -0.2) is 4.79 Å². The highest BCUT2D eigenvalue weighted by atomic mass is 35.5. The van der Waals surface area contributed by atoms with Crippen molar-refractivity contribution in [2.75, 3.05) is 13.7 Å². The van der Waals surface area contributed by atoms with E-state index in [1.807, 2.05) is 24.3 Å². The Balaban J connectivity index is 2.02. The molecule has 0 radical (unpaired) electrons. The van der Waals surface area contributed by atoms with E-state index in [0.717, 1.165) is 23.1 Å². The van der Waals surface area contributed by atoms with Crippen LogP contribution in [0.15, 0.2) is 42.5 Å². The van der Waals surface area contributed by atoms with Gasteiger partial charge in [-0.15, -0.1) is 0 Å². The Bertz CT molecular complexity index is 1120. The van der Waals surface area contributed by atoms with Gasteiger partial charge in [0.2, 0.25) is 11.8 Å². The Kier molecular flexibility index (Phi) is 7.20. The number of hydrogen-bond donors (Lipinski definition) is 1. The van der Waals surface area contributed by atoms with Crippen molar-refractivity contribution in [1.29, 1.82) is 0 Å². The summed E-state index contributed by atoms with van der Waals surface area (Å²) in [5.74, 6) is -2.14. The molecule has 9 heteroatoms. The van der Waals surface area contributed by atoms with E-state index in [2.05, 4.69) is 11.9 Å². The van der Waals surface area contributed by atoms with E-state index in [1.54, 1.807) is 25.3 Å². The first-order chi connectivity index (χ1) is 14.8. The van der Waals surface area contributed by atoms with E-state index in [9.17, 15) is 9.18 Å². The molecule has 1 aromatic heterocycles. The Morgan fingerprint density at radius 3 is 2.61 bits per heavy atom. The van der Waals surface area contributed by atoms with Crippen molar-refractivity contribution < 1.29 is 28.5 Å². The normalized spacial score (nSPS) is 10.6. The largest absolute Gasteiger partial charge is 0.496 e. The van der Waals surface area contributed by atoms with Crippen LogP contribution in [0.25, 0.3) is 11.1 Å². The second-order valence-corrected chi connectivity index (χ2v) is 7.12. The minimum absolute atomic E-state index is 0.241. The maximum Gasteiger partial charge on any atom is 0.341 e.